The summed E-state index contributed by atoms with van der Waals surface area (Å²) in [4.78, 5) is 0. The summed E-state index contributed by atoms with van der Waals surface area (Å²) in [7, 11) is 0. The van der Waals surface area contributed by atoms with Gasteiger partial charge < -0.3 is 2.85 Å². The van der Waals surface area contributed by atoms with Crippen LogP contribution in [0.1, 0.15) is 2.85 Å². The van der Waals surface area contributed by atoms with Crippen molar-refractivity contribution in [2.45, 2.75) is 0 Å². The fourth-order valence-corrected chi connectivity index (χ4v) is 0. The topological polar surface area (TPSA) is 17.1 Å². The average molecular weight is 322 g/mol. The Labute approximate surface area is 105 Å². The third-order valence-electron chi connectivity index (χ3n) is 0. The molecule has 0 saturated carbocycles. The summed E-state index contributed by atoms with van der Waals surface area (Å²) in [6.45, 7) is 0. The van der Waals surface area contributed by atoms with Crippen LogP contribution in [0.3, 0.4) is 0 Å². The van der Waals surface area contributed by atoms with Crippen LogP contribution in [-0.2, 0) is 3.80 Å². The Morgan fingerprint density at radius 3 is 1.50 bits per heavy atom. The van der Waals surface area contributed by atoms with Crippen LogP contribution in [0.2, 0.25) is 0 Å². The number of rotatable bonds is 0. The van der Waals surface area contributed by atoms with Gasteiger partial charge in [-0.15, -0.1) is 0 Å². The second-order valence-corrected chi connectivity index (χ2v) is 0. The maximum absolute atomic E-state index is 8.28. The van der Waals surface area contributed by atoms with E-state index >= 15 is 0 Å². The van der Waals surface area contributed by atoms with E-state index in [-0.39, 0.29) is 87.3 Å². The molecule has 0 atom stereocenters. The number of hydrogen-bond donors (Lipinski definition) is 0. The van der Waals surface area contributed by atoms with Gasteiger partial charge in [0.2, 0.25) is 0 Å². The molecule has 4 heteroatoms. The standard InChI is InChI=1S/Al.Ba.La.O.3H/q;+2;;;;2*-1. The summed E-state index contributed by atoms with van der Waals surface area (Å²) in [6.07, 6.45) is 0. The molecular formula is H3AlBaLaO. The Bertz CT molecular complexity index is 13.5. The van der Waals surface area contributed by atoms with Gasteiger partial charge in [-0.1, -0.05) is 0 Å². The van der Waals surface area contributed by atoms with E-state index in [1.807, 2.05) is 0 Å². The third kappa shape index (κ3) is 8.92. The molecule has 0 aromatic carbocycles. The molecule has 0 fully saturated rings. The predicted molar refractivity (Wildman–Crippen MR) is 15.8 cm³/mol. The minimum atomic E-state index is 0. The molecule has 0 saturated heterocycles. The molecule has 0 aliphatic heterocycles. The van der Waals surface area contributed by atoms with Gasteiger partial charge in [0.25, 0.3) is 0 Å². The summed E-state index contributed by atoms with van der Waals surface area (Å²) >= 11 is 0.611. The van der Waals surface area contributed by atoms with Gasteiger partial charge in [-0.25, -0.2) is 0 Å². The van der Waals surface area contributed by atoms with E-state index in [2.05, 4.69) is 0 Å². The van der Waals surface area contributed by atoms with Crippen molar-refractivity contribution < 1.29 is 42.3 Å². The van der Waals surface area contributed by atoms with Crippen molar-refractivity contribution in [2.24, 2.45) is 0 Å². The molecule has 17 valence electrons. The van der Waals surface area contributed by atoms with Gasteiger partial charge in [-0.2, -0.15) is 0 Å². The summed E-state index contributed by atoms with van der Waals surface area (Å²) in [5.41, 5.74) is 0. The quantitative estimate of drug-likeness (QED) is 0.527. The third-order valence-corrected chi connectivity index (χ3v) is 0. The zero-order valence-corrected chi connectivity index (χ0v) is 11.9. The van der Waals surface area contributed by atoms with Crippen molar-refractivity contribution in [3.05, 3.63) is 0 Å². The van der Waals surface area contributed by atoms with E-state index in [9.17, 15) is 0 Å². The molecule has 0 rings (SSSR count). The Hall–Kier alpha value is 3.10. The van der Waals surface area contributed by atoms with Gasteiger partial charge >= 0.3 is 68.9 Å². The van der Waals surface area contributed by atoms with Crippen molar-refractivity contribution in [2.75, 3.05) is 0 Å². The van der Waals surface area contributed by atoms with Crippen molar-refractivity contribution in [3.8, 4) is 0 Å². The second kappa shape index (κ2) is 16.5. The van der Waals surface area contributed by atoms with Crippen molar-refractivity contribution >= 4 is 65.1 Å². The molecule has 0 amide bonds. The first-order chi connectivity index (χ1) is 1.00. The summed E-state index contributed by atoms with van der Waals surface area (Å²) < 4.78 is 8.28. The van der Waals surface area contributed by atoms with Gasteiger partial charge in [0.05, 0.1) is 0 Å². The van der Waals surface area contributed by atoms with Gasteiger partial charge in [0, 0.05) is 35.6 Å². The molecule has 1 nitrogen and oxygen atoms in total. The molecule has 4 heavy (non-hydrogen) atoms. The van der Waals surface area contributed by atoms with Crippen molar-refractivity contribution in [1.29, 1.82) is 0 Å². The first-order valence-corrected chi connectivity index (χ1v) is 0.866. The van der Waals surface area contributed by atoms with E-state index in [0.717, 1.165) is 0 Å². The Kier molecular flexibility index (Phi) is 64.9. The van der Waals surface area contributed by atoms with Crippen LogP contribution in [0.4, 0.5) is 0 Å². The fraction of sp³-hybridized carbons (Fsp3) is 0. The Morgan fingerprint density at radius 1 is 1.50 bits per heavy atom. The average Bonchev–Trinajstić information content (AvgIpc) is 1.00. The summed E-state index contributed by atoms with van der Waals surface area (Å²) in [6, 6.07) is 0. The molecule has 0 spiro atoms. The van der Waals surface area contributed by atoms with Crippen molar-refractivity contribution in [1.82, 2.24) is 0 Å². The normalized spacial score (nSPS) is 0.750. The molecule has 1 radical (unpaired) electrons. The molecule has 0 unspecified atom stereocenters. The van der Waals surface area contributed by atoms with Crippen LogP contribution in [0.15, 0.2) is 0 Å². The van der Waals surface area contributed by atoms with Crippen molar-refractivity contribution in [3.63, 3.8) is 0 Å². The van der Waals surface area contributed by atoms with Gasteiger partial charge in [-0.05, 0) is 0 Å². The molecule has 0 aromatic rings. The van der Waals surface area contributed by atoms with Gasteiger partial charge in [-0.3, -0.25) is 0 Å². The van der Waals surface area contributed by atoms with Gasteiger partial charge in [0.1, 0.15) is 0 Å². The molecule has 0 heterocycles. The van der Waals surface area contributed by atoms with Crippen LogP contribution < -0.4 is 0 Å². The van der Waals surface area contributed by atoms with E-state index in [0.29, 0.717) is 16.2 Å². The van der Waals surface area contributed by atoms with Gasteiger partial charge in [0.15, 0.2) is 0 Å². The molecule has 0 aliphatic rings. The van der Waals surface area contributed by atoms with E-state index in [1.165, 1.54) is 0 Å². The maximum atomic E-state index is 8.28. The van der Waals surface area contributed by atoms with Crippen LogP contribution >= 0.6 is 0 Å². The minimum absolute atomic E-state index is 0. The summed E-state index contributed by atoms with van der Waals surface area (Å²) in [5.74, 6) is 0. The first kappa shape index (κ1) is 15.7. The monoisotopic (exact) mass is 323 g/mol. The first-order valence-electron chi connectivity index (χ1n) is 0.289. The SMILES string of the molecule is [Ba+2].[H-].[H-].[La].[O]=[AlH]. The zero-order valence-electron chi connectivity index (χ0n) is 4.40. The Balaban J connectivity index is -0.000000000833. The molecular weight excluding hydrogens is 319 g/mol. The second-order valence-electron chi connectivity index (χ2n) is 0. The molecule has 0 aliphatic carbocycles. The molecule has 0 aromatic heterocycles. The predicted octanol–water partition coefficient (Wildman–Crippen LogP) is -0.923. The molecule has 0 N–H and O–H groups in total. The van der Waals surface area contributed by atoms with Crippen LogP contribution in [0, 0.1) is 35.6 Å². The van der Waals surface area contributed by atoms with Crippen LogP contribution in [0.5, 0.6) is 0 Å². The summed E-state index contributed by atoms with van der Waals surface area (Å²) in [5, 5.41) is 0. The number of hydrogen-bond acceptors (Lipinski definition) is 1. The fourth-order valence-electron chi connectivity index (χ4n) is 0. The zero-order chi connectivity index (χ0) is 2.00. The van der Waals surface area contributed by atoms with E-state index < -0.39 is 0 Å². The van der Waals surface area contributed by atoms with Crippen LogP contribution in [-0.4, -0.2) is 65.1 Å². The molecule has 0 bridgehead atoms. The van der Waals surface area contributed by atoms with E-state index in [4.69, 9.17) is 3.80 Å². The Morgan fingerprint density at radius 2 is 1.50 bits per heavy atom. The van der Waals surface area contributed by atoms with E-state index in [1.54, 1.807) is 0 Å². The van der Waals surface area contributed by atoms with Crippen LogP contribution in [0.25, 0.3) is 0 Å².